The van der Waals surface area contributed by atoms with Crippen LogP contribution in [-0.2, 0) is 6.54 Å². The van der Waals surface area contributed by atoms with E-state index in [0.29, 0.717) is 44.9 Å². The summed E-state index contributed by atoms with van der Waals surface area (Å²) < 4.78 is 30.0. The number of piperidine rings is 1. The fourth-order valence-electron chi connectivity index (χ4n) is 5.32. The second-order valence-electron chi connectivity index (χ2n) is 9.85. The summed E-state index contributed by atoms with van der Waals surface area (Å²) in [7, 11) is 0. The van der Waals surface area contributed by atoms with Gasteiger partial charge >= 0.3 is 0 Å². The number of halogens is 2. The highest BCUT2D eigenvalue weighted by atomic mass is 19.1. The first-order valence-corrected chi connectivity index (χ1v) is 12.9. The van der Waals surface area contributed by atoms with Crippen LogP contribution < -0.4 is 0 Å². The molecule has 7 rings (SSSR count). The Hall–Kier alpha value is -4.57. The molecule has 0 saturated carbocycles. The third-order valence-corrected chi connectivity index (χ3v) is 7.22. The molecule has 39 heavy (non-hydrogen) atoms. The highest BCUT2D eigenvalue weighted by molar-refractivity contribution is 5.96. The Morgan fingerprint density at radius 1 is 0.923 bits per heavy atom. The number of H-pyrrole nitrogens is 2. The van der Waals surface area contributed by atoms with E-state index in [1.807, 2.05) is 12.3 Å². The number of aromatic nitrogens is 7. The first-order chi connectivity index (χ1) is 19.1. The van der Waals surface area contributed by atoms with E-state index in [4.69, 9.17) is 4.98 Å². The summed E-state index contributed by atoms with van der Waals surface area (Å²) in [5.41, 5.74) is 5.00. The average Bonchev–Trinajstić information content (AvgIpc) is 3.59. The van der Waals surface area contributed by atoms with Crippen molar-refractivity contribution in [2.24, 2.45) is 0 Å². The number of hydrogen-bond acceptors (Lipinski definition) is 6. The van der Waals surface area contributed by atoms with Gasteiger partial charge in [0, 0.05) is 48.0 Å². The molecule has 0 amide bonds. The Morgan fingerprint density at radius 3 is 2.69 bits per heavy atom. The van der Waals surface area contributed by atoms with Crippen molar-refractivity contribution in [3.8, 4) is 33.9 Å². The van der Waals surface area contributed by atoms with Gasteiger partial charge in [-0.1, -0.05) is 18.6 Å². The van der Waals surface area contributed by atoms with Crippen LogP contribution in [0.15, 0.2) is 61.2 Å². The van der Waals surface area contributed by atoms with E-state index in [9.17, 15) is 4.39 Å². The van der Waals surface area contributed by atoms with Gasteiger partial charge in [0.05, 0.1) is 16.6 Å². The molecule has 1 aliphatic heterocycles. The van der Waals surface area contributed by atoms with Gasteiger partial charge in [0.15, 0.2) is 11.5 Å². The standard InChI is InChI=1S/C29H24F2N8/c30-20-6-4-5-18(12-20)25-26-22(7-8-33-25)35-29(36-26)27-23-24(31)21(15-34-28(23)38-37-27)19-11-17(13-32-14-19)16-39-9-2-1-3-10-39/h4-8,11-15H,1-3,9-10,16H2,(H,35,36)(H,34,37,38). The topological polar surface area (TPSA) is 99.3 Å². The van der Waals surface area contributed by atoms with Crippen molar-refractivity contribution in [2.75, 3.05) is 13.1 Å². The van der Waals surface area contributed by atoms with Crippen molar-refractivity contribution in [3.05, 3.63) is 78.4 Å². The average molecular weight is 523 g/mol. The summed E-state index contributed by atoms with van der Waals surface area (Å²) in [5, 5.41) is 7.35. The SMILES string of the molecule is Fc1cccc(-c2nccc3[nH]c(-c4[nH]nc5ncc(-c6cncc(CN7CCCCC7)c6)c(F)c45)nc23)c1. The first-order valence-electron chi connectivity index (χ1n) is 12.9. The molecule has 1 aliphatic rings. The molecule has 0 bridgehead atoms. The van der Waals surface area contributed by atoms with Gasteiger partial charge in [0.25, 0.3) is 0 Å². The number of aromatic amines is 2. The number of fused-ring (bicyclic) bond motifs is 2. The van der Waals surface area contributed by atoms with Crippen molar-refractivity contribution in [3.63, 3.8) is 0 Å². The predicted molar refractivity (Wildman–Crippen MR) is 144 cm³/mol. The summed E-state index contributed by atoms with van der Waals surface area (Å²) in [6.45, 7) is 2.92. The molecule has 2 N–H and O–H groups in total. The normalized spacial score (nSPS) is 14.4. The molecule has 5 aromatic heterocycles. The first kappa shape index (κ1) is 23.5. The minimum Gasteiger partial charge on any atom is -0.337 e. The van der Waals surface area contributed by atoms with Crippen molar-refractivity contribution in [1.29, 1.82) is 0 Å². The summed E-state index contributed by atoms with van der Waals surface area (Å²) in [4.78, 5) is 23.6. The maximum absolute atomic E-state index is 16.1. The molecule has 0 unspecified atom stereocenters. The Morgan fingerprint density at radius 2 is 1.82 bits per heavy atom. The molecule has 0 radical (unpaired) electrons. The van der Waals surface area contributed by atoms with E-state index in [1.165, 1.54) is 37.6 Å². The second-order valence-corrected chi connectivity index (χ2v) is 9.85. The van der Waals surface area contributed by atoms with Crippen molar-refractivity contribution < 1.29 is 8.78 Å². The Bertz CT molecular complexity index is 1820. The molecule has 10 heteroatoms. The lowest BCUT2D eigenvalue weighted by molar-refractivity contribution is 0.220. The van der Waals surface area contributed by atoms with Crippen LogP contribution >= 0.6 is 0 Å². The zero-order valence-corrected chi connectivity index (χ0v) is 21.0. The lowest BCUT2D eigenvalue weighted by Gasteiger charge is -2.26. The highest BCUT2D eigenvalue weighted by Crippen LogP contribution is 2.34. The number of benzene rings is 1. The van der Waals surface area contributed by atoms with Gasteiger partial charge in [-0.25, -0.2) is 18.7 Å². The Labute approximate surface area is 222 Å². The minimum absolute atomic E-state index is 0.230. The number of pyridine rings is 3. The summed E-state index contributed by atoms with van der Waals surface area (Å²) in [6, 6.07) is 9.93. The third kappa shape index (κ3) is 4.32. The van der Waals surface area contributed by atoms with Gasteiger partial charge in [-0.3, -0.25) is 20.0 Å². The zero-order valence-electron chi connectivity index (χ0n) is 21.0. The maximum Gasteiger partial charge on any atom is 0.184 e. The molecule has 6 aromatic rings. The van der Waals surface area contributed by atoms with Gasteiger partial charge in [-0.15, -0.1) is 0 Å². The number of nitrogens with one attached hydrogen (secondary N) is 2. The fourth-order valence-corrected chi connectivity index (χ4v) is 5.32. The van der Waals surface area contributed by atoms with Crippen LogP contribution in [-0.4, -0.2) is 53.1 Å². The van der Waals surface area contributed by atoms with Crippen LogP contribution in [0.5, 0.6) is 0 Å². The Balaban J connectivity index is 1.29. The molecule has 1 fully saturated rings. The molecule has 1 aromatic carbocycles. The molecular formula is C29H24F2N8. The van der Waals surface area contributed by atoms with Crippen LogP contribution in [0.4, 0.5) is 8.78 Å². The summed E-state index contributed by atoms with van der Waals surface area (Å²) >= 11 is 0. The number of rotatable bonds is 5. The minimum atomic E-state index is -0.454. The van der Waals surface area contributed by atoms with Gasteiger partial charge in [-0.05, 0) is 55.8 Å². The number of imidazole rings is 1. The molecule has 0 atom stereocenters. The number of nitrogens with zero attached hydrogens (tertiary/aromatic N) is 6. The van der Waals surface area contributed by atoms with Crippen LogP contribution in [0.25, 0.3) is 56.0 Å². The van der Waals surface area contributed by atoms with Crippen molar-refractivity contribution in [1.82, 2.24) is 40.0 Å². The zero-order chi connectivity index (χ0) is 26.3. The van der Waals surface area contributed by atoms with Crippen LogP contribution in [0.1, 0.15) is 24.8 Å². The Kier molecular flexibility index (Phi) is 5.81. The molecule has 8 nitrogen and oxygen atoms in total. The van der Waals surface area contributed by atoms with E-state index in [0.717, 1.165) is 25.2 Å². The lowest BCUT2D eigenvalue weighted by atomic mass is 10.0. The molecule has 194 valence electrons. The van der Waals surface area contributed by atoms with Gasteiger partial charge in [0.1, 0.15) is 22.8 Å². The summed E-state index contributed by atoms with van der Waals surface area (Å²) in [6.07, 6.45) is 10.3. The van der Waals surface area contributed by atoms with Gasteiger partial charge < -0.3 is 4.98 Å². The molecule has 6 heterocycles. The maximum atomic E-state index is 16.1. The van der Waals surface area contributed by atoms with E-state index < -0.39 is 5.82 Å². The molecular weight excluding hydrogens is 498 g/mol. The number of hydrogen-bond donors (Lipinski definition) is 2. The van der Waals surface area contributed by atoms with Crippen molar-refractivity contribution >= 4 is 22.1 Å². The highest BCUT2D eigenvalue weighted by Gasteiger charge is 2.21. The van der Waals surface area contributed by atoms with Gasteiger partial charge in [0.2, 0.25) is 0 Å². The van der Waals surface area contributed by atoms with E-state index in [-0.39, 0.29) is 16.9 Å². The smallest absolute Gasteiger partial charge is 0.184 e. The predicted octanol–water partition coefficient (Wildman–Crippen LogP) is 5.89. The largest absolute Gasteiger partial charge is 0.337 e. The van der Waals surface area contributed by atoms with Crippen LogP contribution in [0, 0.1) is 11.6 Å². The monoisotopic (exact) mass is 522 g/mol. The second kappa shape index (κ2) is 9.63. The number of likely N-dealkylation sites (tertiary alicyclic amines) is 1. The van der Waals surface area contributed by atoms with E-state index in [1.54, 1.807) is 30.6 Å². The fraction of sp³-hybridized carbons (Fsp3) is 0.207. The van der Waals surface area contributed by atoms with Crippen molar-refractivity contribution in [2.45, 2.75) is 25.8 Å². The molecule has 0 aliphatic carbocycles. The quantitative estimate of drug-likeness (QED) is 0.293. The van der Waals surface area contributed by atoms with E-state index in [2.05, 4.69) is 35.0 Å². The molecule has 1 saturated heterocycles. The summed E-state index contributed by atoms with van der Waals surface area (Å²) in [5.74, 6) is -0.436. The third-order valence-electron chi connectivity index (χ3n) is 7.22. The van der Waals surface area contributed by atoms with E-state index >= 15 is 4.39 Å². The van der Waals surface area contributed by atoms with Crippen LogP contribution in [0.3, 0.4) is 0 Å². The lowest BCUT2D eigenvalue weighted by Crippen LogP contribution is -2.29. The van der Waals surface area contributed by atoms with Crippen LogP contribution in [0.2, 0.25) is 0 Å². The van der Waals surface area contributed by atoms with Gasteiger partial charge in [-0.2, -0.15) is 5.10 Å². The molecule has 0 spiro atoms.